The standard InChI is InChI=1S/C16H14BrN3OS/c1-10-8-14(15(21)19-16-18-6-7-22-16)11(2)20(10)13-5-3-4-12(17)9-13/h3-9H,1-2H3,(H,18,19,21). The minimum absolute atomic E-state index is 0.135. The highest BCUT2D eigenvalue weighted by Crippen LogP contribution is 2.24. The number of nitrogens with one attached hydrogen (secondary N) is 1. The number of nitrogens with zero attached hydrogens (tertiary/aromatic N) is 2. The van der Waals surface area contributed by atoms with Crippen LogP contribution in [0.3, 0.4) is 0 Å². The summed E-state index contributed by atoms with van der Waals surface area (Å²) in [4.78, 5) is 16.5. The van der Waals surface area contributed by atoms with Crippen LogP contribution in [-0.2, 0) is 0 Å². The number of aryl methyl sites for hydroxylation is 1. The van der Waals surface area contributed by atoms with Crippen molar-refractivity contribution < 1.29 is 4.79 Å². The third-order valence-corrected chi connectivity index (χ3v) is 4.58. The Bertz CT molecular complexity index is 824. The average Bonchev–Trinajstić information content (AvgIpc) is 3.07. The van der Waals surface area contributed by atoms with E-state index in [0.29, 0.717) is 10.7 Å². The molecule has 0 aliphatic carbocycles. The first kappa shape index (κ1) is 15.0. The van der Waals surface area contributed by atoms with Crippen LogP contribution in [0.5, 0.6) is 0 Å². The fraction of sp³-hybridized carbons (Fsp3) is 0.125. The zero-order valence-electron chi connectivity index (χ0n) is 12.1. The number of carbonyl (C=O) groups is 1. The van der Waals surface area contributed by atoms with E-state index in [1.807, 2.05) is 49.6 Å². The van der Waals surface area contributed by atoms with E-state index in [1.54, 1.807) is 6.20 Å². The van der Waals surface area contributed by atoms with Crippen molar-refractivity contribution in [3.8, 4) is 5.69 Å². The fourth-order valence-corrected chi connectivity index (χ4v) is 3.37. The second kappa shape index (κ2) is 6.06. The highest BCUT2D eigenvalue weighted by atomic mass is 79.9. The number of aromatic nitrogens is 2. The maximum atomic E-state index is 12.4. The fourth-order valence-electron chi connectivity index (χ4n) is 2.45. The minimum Gasteiger partial charge on any atom is -0.318 e. The lowest BCUT2D eigenvalue weighted by molar-refractivity contribution is 0.102. The summed E-state index contributed by atoms with van der Waals surface area (Å²) in [6.07, 6.45) is 1.67. The van der Waals surface area contributed by atoms with E-state index < -0.39 is 0 Å². The number of thiazole rings is 1. The van der Waals surface area contributed by atoms with Gasteiger partial charge in [-0.25, -0.2) is 4.98 Å². The van der Waals surface area contributed by atoms with E-state index in [2.05, 4.69) is 30.8 Å². The molecule has 0 saturated carbocycles. The first-order chi connectivity index (χ1) is 10.6. The molecule has 0 aliphatic heterocycles. The lowest BCUT2D eigenvalue weighted by Gasteiger charge is -2.10. The molecule has 1 aromatic carbocycles. The third-order valence-electron chi connectivity index (χ3n) is 3.39. The van der Waals surface area contributed by atoms with Crippen molar-refractivity contribution in [2.45, 2.75) is 13.8 Å². The van der Waals surface area contributed by atoms with Gasteiger partial charge in [-0.1, -0.05) is 22.0 Å². The van der Waals surface area contributed by atoms with Crippen molar-refractivity contribution in [3.63, 3.8) is 0 Å². The zero-order valence-corrected chi connectivity index (χ0v) is 14.5. The molecule has 0 fully saturated rings. The van der Waals surface area contributed by atoms with Crippen LogP contribution >= 0.6 is 27.3 Å². The van der Waals surface area contributed by atoms with E-state index in [-0.39, 0.29) is 5.91 Å². The van der Waals surface area contributed by atoms with Gasteiger partial charge in [0.25, 0.3) is 5.91 Å². The number of anilines is 1. The molecule has 6 heteroatoms. The molecule has 4 nitrogen and oxygen atoms in total. The second-order valence-electron chi connectivity index (χ2n) is 4.89. The number of hydrogen-bond donors (Lipinski definition) is 1. The largest absolute Gasteiger partial charge is 0.318 e. The molecule has 0 spiro atoms. The van der Waals surface area contributed by atoms with Gasteiger partial charge in [0.2, 0.25) is 0 Å². The van der Waals surface area contributed by atoms with Crippen LogP contribution in [0.15, 0.2) is 46.4 Å². The van der Waals surface area contributed by atoms with Crippen LogP contribution < -0.4 is 5.32 Å². The quantitative estimate of drug-likeness (QED) is 0.728. The van der Waals surface area contributed by atoms with Crippen LogP contribution in [0.1, 0.15) is 21.7 Å². The summed E-state index contributed by atoms with van der Waals surface area (Å²) in [6.45, 7) is 3.94. The Labute approximate surface area is 140 Å². The Morgan fingerprint density at radius 3 is 2.82 bits per heavy atom. The molecule has 1 N–H and O–H groups in total. The number of hydrogen-bond acceptors (Lipinski definition) is 3. The molecule has 112 valence electrons. The molecule has 0 atom stereocenters. The van der Waals surface area contributed by atoms with Gasteiger partial charge in [-0.2, -0.15) is 0 Å². The summed E-state index contributed by atoms with van der Waals surface area (Å²) in [5.41, 5.74) is 3.61. The van der Waals surface area contributed by atoms with Crippen LogP contribution in [0.25, 0.3) is 5.69 Å². The Balaban J connectivity index is 1.98. The van der Waals surface area contributed by atoms with Gasteiger partial charge in [0.15, 0.2) is 5.13 Å². The second-order valence-corrected chi connectivity index (χ2v) is 6.70. The molecule has 22 heavy (non-hydrogen) atoms. The lowest BCUT2D eigenvalue weighted by Crippen LogP contribution is -2.12. The molecule has 0 radical (unpaired) electrons. The average molecular weight is 376 g/mol. The Morgan fingerprint density at radius 2 is 2.14 bits per heavy atom. The van der Waals surface area contributed by atoms with Gasteiger partial charge in [-0.3, -0.25) is 10.1 Å². The predicted octanol–water partition coefficient (Wildman–Crippen LogP) is 4.57. The molecule has 0 unspecified atom stereocenters. The van der Waals surface area contributed by atoms with E-state index in [9.17, 15) is 4.79 Å². The Kier molecular flexibility index (Phi) is 4.13. The molecule has 2 heterocycles. The first-order valence-electron chi connectivity index (χ1n) is 6.72. The van der Waals surface area contributed by atoms with Gasteiger partial charge in [0.05, 0.1) is 5.56 Å². The highest BCUT2D eigenvalue weighted by Gasteiger charge is 2.17. The maximum Gasteiger partial charge on any atom is 0.259 e. The maximum absolute atomic E-state index is 12.4. The number of benzene rings is 1. The predicted molar refractivity (Wildman–Crippen MR) is 93.0 cm³/mol. The lowest BCUT2D eigenvalue weighted by atomic mass is 10.2. The molecular formula is C16H14BrN3OS. The van der Waals surface area contributed by atoms with Crippen molar-refractivity contribution in [1.82, 2.24) is 9.55 Å². The summed E-state index contributed by atoms with van der Waals surface area (Å²) in [6, 6.07) is 9.91. The third kappa shape index (κ3) is 2.84. The Hall–Kier alpha value is -1.92. The SMILES string of the molecule is Cc1cc(C(=O)Nc2nccs2)c(C)n1-c1cccc(Br)c1. The molecule has 0 saturated heterocycles. The summed E-state index contributed by atoms with van der Waals surface area (Å²) in [5.74, 6) is -0.135. The molecule has 0 aliphatic rings. The van der Waals surface area contributed by atoms with Crippen LogP contribution in [-0.4, -0.2) is 15.5 Å². The monoisotopic (exact) mass is 375 g/mol. The number of rotatable bonds is 3. The molecule has 2 aromatic heterocycles. The van der Waals surface area contributed by atoms with E-state index in [4.69, 9.17) is 0 Å². The number of carbonyl (C=O) groups excluding carboxylic acids is 1. The molecule has 1 amide bonds. The molecule has 0 bridgehead atoms. The van der Waals surface area contributed by atoms with Gasteiger partial charge >= 0.3 is 0 Å². The van der Waals surface area contributed by atoms with Crippen molar-refractivity contribution in [1.29, 1.82) is 0 Å². The van der Waals surface area contributed by atoms with Gasteiger partial charge in [0.1, 0.15) is 0 Å². The van der Waals surface area contributed by atoms with Crippen LogP contribution in [0.4, 0.5) is 5.13 Å². The van der Waals surface area contributed by atoms with Crippen LogP contribution in [0.2, 0.25) is 0 Å². The van der Waals surface area contributed by atoms with Gasteiger partial charge in [0, 0.05) is 33.1 Å². The van der Waals surface area contributed by atoms with E-state index in [0.717, 1.165) is 21.5 Å². The van der Waals surface area contributed by atoms with E-state index >= 15 is 0 Å². The summed E-state index contributed by atoms with van der Waals surface area (Å²) in [5, 5.41) is 5.27. The smallest absolute Gasteiger partial charge is 0.259 e. The molecule has 3 rings (SSSR count). The summed E-state index contributed by atoms with van der Waals surface area (Å²) < 4.78 is 3.08. The highest BCUT2D eigenvalue weighted by molar-refractivity contribution is 9.10. The minimum atomic E-state index is -0.135. The Morgan fingerprint density at radius 1 is 1.32 bits per heavy atom. The summed E-state index contributed by atoms with van der Waals surface area (Å²) >= 11 is 4.89. The van der Waals surface area contributed by atoms with Gasteiger partial charge in [-0.05, 0) is 38.1 Å². The topological polar surface area (TPSA) is 46.9 Å². The molecule has 3 aromatic rings. The van der Waals surface area contributed by atoms with Gasteiger partial charge < -0.3 is 4.57 Å². The van der Waals surface area contributed by atoms with Gasteiger partial charge in [-0.15, -0.1) is 11.3 Å². The van der Waals surface area contributed by atoms with Crippen molar-refractivity contribution in [3.05, 3.63) is 63.3 Å². The van der Waals surface area contributed by atoms with E-state index in [1.165, 1.54) is 11.3 Å². The number of amides is 1. The van der Waals surface area contributed by atoms with Crippen molar-refractivity contribution in [2.75, 3.05) is 5.32 Å². The normalized spacial score (nSPS) is 10.7. The molecular weight excluding hydrogens is 362 g/mol. The van der Waals surface area contributed by atoms with Crippen LogP contribution in [0, 0.1) is 13.8 Å². The first-order valence-corrected chi connectivity index (χ1v) is 8.39. The van der Waals surface area contributed by atoms with Crippen molar-refractivity contribution >= 4 is 38.3 Å². The summed E-state index contributed by atoms with van der Waals surface area (Å²) in [7, 11) is 0. The number of halogens is 1. The zero-order chi connectivity index (χ0) is 15.7. The van der Waals surface area contributed by atoms with Crippen molar-refractivity contribution in [2.24, 2.45) is 0 Å².